The lowest BCUT2D eigenvalue weighted by Crippen LogP contribution is -2.23. The van der Waals surface area contributed by atoms with E-state index in [4.69, 9.17) is 5.73 Å². The van der Waals surface area contributed by atoms with Gasteiger partial charge in [0, 0.05) is 25.3 Å². The first kappa shape index (κ1) is 16.5. The highest BCUT2D eigenvalue weighted by atomic mass is 16.3. The lowest BCUT2D eigenvalue weighted by atomic mass is 10.1. The van der Waals surface area contributed by atoms with Crippen molar-refractivity contribution in [2.24, 2.45) is 10.7 Å². The highest BCUT2D eigenvalue weighted by Gasteiger charge is 2.20. The monoisotopic (exact) mass is 324 g/mol. The predicted molar refractivity (Wildman–Crippen MR) is 97.7 cm³/mol. The van der Waals surface area contributed by atoms with Crippen LogP contribution in [0.4, 0.5) is 5.69 Å². The standard InChI is InChI=1S/C19H24N4O/c20-19(22-17-8-2-1-3-9-17)21-12-15-6-4-5-7-16(15)13-23-11-10-18(24)14-23/h1-9,18,24H,10-14H2,(H3,20,21,22). The van der Waals surface area contributed by atoms with Gasteiger partial charge in [-0.25, -0.2) is 4.99 Å². The van der Waals surface area contributed by atoms with Gasteiger partial charge in [-0.3, -0.25) is 4.90 Å². The zero-order chi connectivity index (χ0) is 16.8. The van der Waals surface area contributed by atoms with E-state index in [0.29, 0.717) is 12.5 Å². The van der Waals surface area contributed by atoms with Crippen LogP contribution in [-0.2, 0) is 13.1 Å². The number of likely N-dealkylation sites (tertiary alicyclic amines) is 1. The van der Waals surface area contributed by atoms with Gasteiger partial charge >= 0.3 is 0 Å². The molecular formula is C19H24N4O. The Morgan fingerprint density at radius 3 is 2.54 bits per heavy atom. The maximum absolute atomic E-state index is 9.67. The summed E-state index contributed by atoms with van der Waals surface area (Å²) in [5, 5.41) is 12.8. The second kappa shape index (κ2) is 7.95. The number of nitrogens with two attached hydrogens (primary N) is 1. The van der Waals surface area contributed by atoms with Crippen LogP contribution in [0.5, 0.6) is 0 Å². The normalized spacial score (nSPS) is 18.7. The number of anilines is 1. The van der Waals surface area contributed by atoms with Gasteiger partial charge in [-0.2, -0.15) is 0 Å². The van der Waals surface area contributed by atoms with Gasteiger partial charge in [-0.15, -0.1) is 0 Å². The summed E-state index contributed by atoms with van der Waals surface area (Å²) >= 11 is 0. The molecule has 1 aliphatic rings. The highest BCUT2D eigenvalue weighted by Crippen LogP contribution is 2.17. The minimum atomic E-state index is -0.194. The Labute approximate surface area is 142 Å². The van der Waals surface area contributed by atoms with E-state index in [2.05, 4.69) is 27.3 Å². The number of para-hydroxylation sites is 1. The van der Waals surface area contributed by atoms with Gasteiger partial charge in [0.25, 0.3) is 0 Å². The van der Waals surface area contributed by atoms with E-state index in [-0.39, 0.29) is 6.10 Å². The molecule has 0 radical (unpaired) electrons. The molecule has 0 bridgehead atoms. The molecule has 2 aromatic carbocycles. The molecule has 1 heterocycles. The van der Waals surface area contributed by atoms with E-state index < -0.39 is 0 Å². The molecule has 2 aromatic rings. The molecule has 0 saturated carbocycles. The van der Waals surface area contributed by atoms with Crippen molar-refractivity contribution in [3.05, 3.63) is 65.7 Å². The SMILES string of the molecule is NC(=NCc1ccccc1CN1CCC(O)C1)Nc1ccccc1. The van der Waals surface area contributed by atoms with Crippen LogP contribution < -0.4 is 11.1 Å². The molecule has 0 aliphatic carbocycles. The van der Waals surface area contributed by atoms with Crippen molar-refractivity contribution in [1.82, 2.24) is 4.90 Å². The van der Waals surface area contributed by atoms with E-state index in [0.717, 1.165) is 37.3 Å². The summed E-state index contributed by atoms with van der Waals surface area (Å²) in [4.78, 5) is 6.73. The maximum atomic E-state index is 9.67. The van der Waals surface area contributed by atoms with Crippen LogP contribution in [0.2, 0.25) is 0 Å². The average molecular weight is 324 g/mol. The van der Waals surface area contributed by atoms with Crippen molar-refractivity contribution < 1.29 is 5.11 Å². The summed E-state index contributed by atoms with van der Waals surface area (Å²) in [6, 6.07) is 18.0. The van der Waals surface area contributed by atoms with E-state index in [1.54, 1.807) is 0 Å². The van der Waals surface area contributed by atoms with Crippen LogP contribution in [-0.4, -0.2) is 35.2 Å². The Morgan fingerprint density at radius 2 is 1.83 bits per heavy atom. The third kappa shape index (κ3) is 4.57. The summed E-state index contributed by atoms with van der Waals surface area (Å²) in [6.07, 6.45) is 0.662. The maximum Gasteiger partial charge on any atom is 0.193 e. The molecule has 5 nitrogen and oxygen atoms in total. The first-order valence-electron chi connectivity index (χ1n) is 8.30. The number of aliphatic hydroxyl groups is 1. The molecule has 1 unspecified atom stereocenters. The van der Waals surface area contributed by atoms with Crippen LogP contribution in [0.3, 0.4) is 0 Å². The summed E-state index contributed by atoms with van der Waals surface area (Å²) in [5.41, 5.74) is 9.31. The number of aliphatic imine (C=N–C) groups is 1. The van der Waals surface area contributed by atoms with Crippen LogP contribution in [0, 0.1) is 0 Å². The number of nitrogens with zero attached hydrogens (tertiary/aromatic N) is 2. The molecule has 126 valence electrons. The van der Waals surface area contributed by atoms with Crippen molar-refractivity contribution in [2.45, 2.75) is 25.6 Å². The minimum Gasteiger partial charge on any atom is -0.392 e. The second-order valence-corrected chi connectivity index (χ2v) is 6.14. The first-order chi connectivity index (χ1) is 11.7. The van der Waals surface area contributed by atoms with Crippen molar-refractivity contribution in [1.29, 1.82) is 0 Å². The van der Waals surface area contributed by atoms with E-state index in [1.807, 2.05) is 42.5 Å². The topological polar surface area (TPSA) is 73.9 Å². The lowest BCUT2D eigenvalue weighted by Gasteiger charge is -2.17. The number of β-amino-alcohol motifs (C(OH)–C–C–N with tert-alkyl or cyclic N) is 1. The van der Waals surface area contributed by atoms with Gasteiger partial charge < -0.3 is 16.2 Å². The number of benzene rings is 2. The van der Waals surface area contributed by atoms with Gasteiger partial charge in [0.1, 0.15) is 0 Å². The van der Waals surface area contributed by atoms with Crippen molar-refractivity contribution in [3.63, 3.8) is 0 Å². The summed E-state index contributed by atoms with van der Waals surface area (Å²) in [5.74, 6) is 0.410. The molecule has 0 spiro atoms. The molecule has 1 saturated heterocycles. The fourth-order valence-corrected chi connectivity index (χ4v) is 2.94. The zero-order valence-corrected chi connectivity index (χ0v) is 13.7. The minimum absolute atomic E-state index is 0.194. The zero-order valence-electron chi connectivity index (χ0n) is 13.7. The van der Waals surface area contributed by atoms with Crippen molar-refractivity contribution in [3.8, 4) is 0 Å². The summed E-state index contributed by atoms with van der Waals surface area (Å²) in [6.45, 7) is 3.07. The molecular weight excluding hydrogens is 300 g/mol. The number of guanidine groups is 1. The predicted octanol–water partition coefficient (Wildman–Crippen LogP) is 2.18. The molecule has 0 amide bonds. The van der Waals surface area contributed by atoms with Crippen LogP contribution >= 0.6 is 0 Å². The van der Waals surface area contributed by atoms with Gasteiger partial charge in [0.15, 0.2) is 5.96 Å². The Kier molecular flexibility index (Phi) is 5.46. The smallest absolute Gasteiger partial charge is 0.193 e. The Balaban J connectivity index is 1.63. The molecule has 5 heteroatoms. The van der Waals surface area contributed by atoms with Gasteiger partial charge in [0.2, 0.25) is 0 Å². The molecule has 1 aliphatic heterocycles. The molecule has 1 atom stereocenters. The van der Waals surface area contributed by atoms with Gasteiger partial charge in [0.05, 0.1) is 12.6 Å². The quantitative estimate of drug-likeness (QED) is 0.582. The lowest BCUT2D eigenvalue weighted by molar-refractivity contribution is 0.174. The number of nitrogens with one attached hydrogen (secondary N) is 1. The van der Waals surface area contributed by atoms with Gasteiger partial charge in [-0.1, -0.05) is 42.5 Å². The molecule has 4 N–H and O–H groups in total. The average Bonchev–Trinajstić information content (AvgIpc) is 3.00. The third-order valence-electron chi connectivity index (χ3n) is 4.23. The van der Waals surface area contributed by atoms with E-state index in [1.165, 1.54) is 5.56 Å². The summed E-state index contributed by atoms with van der Waals surface area (Å²) in [7, 11) is 0. The second-order valence-electron chi connectivity index (χ2n) is 6.14. The van der Waals surface area contributed by atoms with Crippen LogP contribution in [0.25, 0.3) is 0 Å². The Bertz CT molecular complexity index is 687. The largest absolute Gasteiger partial charge is 0.392 e. The first-order valence-corrected chi connectivity index (χ1v) is 8.30. The number of aliphatic hydroxyl groups excluding tert-OH is 1. The van der Waals surface area contributed by atoms with Gasteiger partial charge in [-0.05, 0) is 29.7 Å². The molecule has 24 heavy (non-hydrogen) atoms. The highest BCUT2D eigenvalue weighted by molar-refractivity contribution is 5.92. The summed E-state index contributed by atoms with van der Waals surface area (Å²) < 4.78 is 0. The molecule has 1 fully saturated rings. The number of rotatable bonds is 5. The van der Waals surface area contributed by atoms with Crippen molar-refractivity contribution in [2.75, 3.05) is 18.4 Å². The molecule has 3 rings (SSSR count). The Hall–Kier alpha value is -2.37. The number of hydrogen-bond acceptors (Lipinski definition) is 3. The number of hydrogen-bond donors (Lipinski definition) is 3. The van der Waals surface area contributed by atoms with Crippen LogP contribution in [0.1, 0.15) is 17.5 Å². The van der Waals surface area contributed by atoms with E-state index in [9.17, 15) is 5.11 Å². The van der Waals surface area contributed by atoms with Crippen molar-refractivity contribution >= 4 is 11.6 Å². The fraction of sp³-hybridized carbons (Fsp3) is 0.316. The molecule has 0 aromatic heterocycles. The van der Waals surface area contributed by atoms with E-state index >= 15 is 0 Å². The fourth-order valence-electron chi connectivity index (χ4n) is 2.94. The Morgan fingerprint density at radius 1 is 1.12 bits per heavy atom. The van der Waals surface area contributed by atoms with Crippen LogP contribution in [0.15, 0.2) is 59.6 Å². The third-order valence-corrected chi connectivity index (χ3v) is 4.23.